The van der Waals surface area contributed by atoms with Gasteiger partial charge in [0.2, 0.25) is 5.91 Å². The second kappa shape index (κ2) is 8.74. The molecule has 0 saturated carbocycles. The predicted octanol–water partition coefficient (Wildman–Crippen LogP) is 5.26. The van der Waals surface area contributed by atoms with Crippen LogP contribution in [0.25, 0.3) is 22.2 Å². The van der Waals surface area contributed by atoms with E-state index in [1.54, 1.807) is 25.3 Å². The van der Waals surface area contributed by atoms with Crippen LogP contribution in [-0.2, 0) is 11.3 Å². The molecule has 1 N–H and O–H groups in total. The first-order chi connectivity index (χ1) is 15.3. The molecule has 0 saturated heterocycles. The maximum Gasteiger partial charge on any atom is 0.387 e. The molecule has 4 rings (SSSR count). The standard InChI is InChI=1S/C24H22F2N4O2/c1-14-4-7-17(8-5-14)18-10-11-27-23-22(18)16(3)29-30(23)13-21(31)28-19-12-15(2)6-9-20(19)32-24(25)26/h4-12,24H,13H2,1-3H3,(H,28,31). The van der Waals surface area contributed by atoms with Crippen LogP contribution in [0, 0.1) is 20.8 Å². The maximum absolute atomic E-state index is 12.7. The van der Waals surface area contributed by atoms with Crippen LogP contribution in [0.1, 0.15) is 16.8 Å². The lowest BCUT2D eigenvalue weighted by Crippen LogP contribution is -2.20. The number of benzene rings is 2. The number of rotatable bonds is 6. The third kappa shape index (κ3) is 4.44. The second-order valence-corrected chi connectivity index (χ2v) is 7.59. The minimum atomic E-state index is -2.99. The third-order valence-corrected chi connectivity index (χ3v) is 5.09. The van der Waals surface area contributed by atoms with Crippen molar-refractivity contribution in [1.82, 2.24) is 14.8 Å². The lowest BCUT2D eigenvalue weighted by atomic mass is 10.0. The van der Waals surface area contributed by atoms with Crippen LogP contribution in [0.3, 0.4) is 0 Å². The molecular formula is C24H22F2N4O2. The number of hydrogen-bond donors (Lipinski definition) is 1. The SMILES string of the molecule is Cc1ccc(-c2ccnc3c2c(C)nn3CC(=O)Nc2cc(C)ccc2OC(F)F)cc1. The van der Waals surface area contributed by atoms with Gasteiger partial charge >= 0.3 is 6.61 Å². The minimum absolute atomic E-state index is 0.0970. The summed E-state index contributed by atoms with van der Waals surface area (Å²) in [7, 11) is 0. The van der Waals surface area contributed by atoms with Crippen LogP contribution in [0.15, 0.2) is 54.7 Å². The molecule has 164 valence electrons. The van der Waals surface area contributed by atoms with Gasteiger partial charge in [0.1, 0.15) is 12.3 Å². The summed E-state index contributed by atoms with van der Waals surface area (Å²) in [6.45, 7) is 2.57. The monoisotopic (exact) mass is 436 g/mol. The number of carbonyl (C=O) groups is 1. The van der Waals surface area contributed by atoms with E-state index in [0.717, 1.165) is 33.3 Å². The van der Waals surface area contributed by atoms with Gasteiger partial charge in [0.05, 0.1) is 11.4 Å². The van der Waals surface area contributed by atoms with Gasteiger partial charge in [-0.2, -0.15) is 13.9 Å². The molecule has 32 heavy (non-hydrogen) atoms. The smallest absolute Gasteiger partial charge is 0.387 e. The average Bonchev–Trinajstić information content (AvgIpc) is 3.06. The number of aryl methyl sites for hydroxylation is 3. The fraction of sp³-hybridized carbons (Fsp3) is 0.208. The molecule has 0 aliphatic carbocycles. The zero-order chi connectivity index (χ0) is 22.8. The predicted molar refractivity (Wildman–Crippen MR) is 119 cm³/mol. The van der Waals surface area contributed by atoms with Crippen LogP contribution in [0.4, 0.5) is 14.5 Å². The summed E-state index contributed by atoms with van der Waals surface area (Å²) in [6, 6.07) is 14.7. The van der Waals surface area contributed by atoms with E-state index in [1.165, 1.54) is 10.7 Å². The number of anilines is 1. The van der Waals surface area contributed by atoms with Gasteiger partial charge in [0, 0.05) is 11.6 Å². The van der Waals surface area contributed by atoms with Crippen molar-refractivity contribution in [3.8, 4) is 16.9 Å². The van der Waals surface area contributed by atoms with Gasteiger partial charge in [-0.15, -0.1) is 0 Å². The van der Waals surface area contributed by atoms with Crippen LogP contribution in [-0.4, -0.2) is 27.3 Å². The highest BCUT2D eigenvalue weighted by Crippen LogP contribution is 2.30. The molecular weight excluding hydrogens is 414 g/mol. The molecule has 0 aliphatic rings. The molecule has 8 heteroatoms. The van der Waals surface area contributed by atoms with Crippen molar-refractivity contribution < 1.29 is 18.3 Å². The topological polar surface area (TPSA) is 69.0 Å². The van der Waals surface area contributed by atoms with Gasteiger partial charge in [0.15, 0.2) is 5.65 Å². The first-order valence-electron chi connectivity index (χ1n) is 10.1. The number of fused-ring (bicyclic) bond motifs is 1. The summed E-state index contributed by atoms with van der Waals surface area (Å²) in [6.07, 6.45) is 1.68. The summed E-state index contributed by atoms with van der Waals surface area (Å²) in [4.78, 5) is 17.2. The number of aromatic nitrogens is 3. The average molecular weight is 436 g/mol. The molecule has 0 atom stereocenters. The van der Waals surface area contributed by atoms with Gasteiger partial charge in [0.25, 0.3) is 0 Å². The molecule has 0 radical (unpaired) electrons. The number of amides is 1. The van der Waals surface area contributed by atoms with Crippen molar-refractivity contribution in [2.24, 2.45) is 0 Å². The van der Waals surface area contributed by atoms with E-state index >= 15 is 0 Å². The Balaban J connectivity index is 1.63. The zero-order valence-corrected chi connectivity index (χ0v) is 17.9. The molecule has 2 aromatic heterocycles. The molecule has 0 bridgehead atoms. The number of ether oxygens (including phenoxy) is 1. The van der Waals surface area contributed by atoms with Gasteiger partial charge < -0.3 is 10.1 Å². The molecule has 0 spiro atoms. The first kappa shape index (κ1) is 21.4. The summed E-state index contributed by atoms with van der Waals surface area (Å²) < 4.78 is 31.4. The second-order valence-electron chi connectivity index (χ2n) is 7.59. The van der Waals surface area contributed by atoms with Crippen molar-refractivity contribution in [2.45, 2.75) is 33.9 Å². The fourth-order valence-electron chi connectivity index (χ4n) is 3.63. The van der Waals surface area contributed by atoms with E-state index in [0.29, 0.717) is 5.65 Å². The quantitative estimate of drug-likeness (QED) is 0.447. The Morgan fingerprint density at radius 2 is 1.78 bits per heavy atom. The van der Waals surface area contributed by atoms with Gasteiger partial charge in [-0.3, -0.25) is 4.79 Å². The summed E-state index contributed by atoms with van der Waals surface area (Å²) in [5.74, 6) is -0.526. The van der Waals surface area contributed by atoms with E-state index in [9.17, 15) is 13.6 Å². The molecule has 6 nitrogen and oxygen atoms in total. The molecule has 0 fully saturated rings. The van der Waals surface area contributed by atoms with Crippen LogP contribution >= 0.6 is 0 Å². The Morgan fingerprint density at radius 1 is 1.06 bits per heavy atom. The lowest BCUT2D eigenvalue weighted by Gasteiger charge is -2.13. The van der Waals surface area contributed by atoms with Crippen molar-refractivity contribution in [1.29, 1.82) is 0 Å². The molecule has 2 heterocycles. The highest BCUT2D eigenvalue weighted by molar-refractivity contribution is 5.96. The minimum Gasteiger partial charge on any atom is -0.433 e. The number of carbonyl (C=O) groups excluding carboxylic acids is 1. The maximum atomic E-state index is 12.7. The summed E-state index contributed by atoms with van der Waals surface area (Å²) >= 11 is 0. The number of alkyl halides is 2. The number of hydrogen-bond acceptors (Lipinski definition) is 4. The largest absolute Gasteiger partial charge is 0.433 e. The molecule has 0 unspecified atom stereocenters. The van der Waals surface area contributed by atoms with Crippen LogP contribution in [0.2, 0.25) is 0 Å². The van der Waals surface area contributed by atoms with Crippen molar-refractivity contribution in [3.05, 3.63) is 71.5 Å². The number of halogens is 2. The molecule has 2 aromatic carbocycles. The summed E-state index contributed by atoms with van der Waals surface area (Å²) in [5.41, 5.74) is 5.46. The highest BCUT2D eigenvalue weighted by Gasteiger charge is 2.17. The van der Waals surface area contributed by atoms with Gasteiger partial charge in [-0.05, 0) is 55.7 Å². The van der Waals surface area contributed by atoms with Crippen molar-refractivity contribution >= 4 is 22.6 Å². The van der Waals surface area contributed by atoms with Crippen molar-refractivity contribution in [2.75, 3.05) is 5.32 Å². The van der Waals surface area contributed by atoms with E-state index in [1.807, 2.05) is 44.2 Å². The number of nitrogens with zero attached hydrogens (tertiary/aromatic N) is 3. The summed E-state index contributed by atoms with van der Waals surface area (Å²) in [5, 5.41) is 8.01. The Kier molecular flexibility index (Phi) is 5.85. The zero-order valence-electron chi connectivity index (χ0n) is 17.9. The molecule has 4 aromatic rings. The Labute approximate surface area is 183 Å². The van der Waals surface area contributed by atoms with E-state index in [2.05, 4.69) is 20.1 Å². The number of pyridine rings is 1. The highest BCUT2D eigenvalue weighted by atomic mass is 19.3. The Morgan fingerprint density at radius 3 is 2.50 bits per heavy atom. The first-order valence-corrected chi connectivity index (χ1v) is 10.1. The van der Waals surface area contributed by atoms with E-state index in [-0.39, 0.29) is 18.0 Å². The van der Waals surface area contributed by atoms with E-state index in [4.69, 9.17) is 0 Å². The van der Waals surface area contributed by atoms with Gasteiger partial charge in [-0.25, -0.2) is 9.67 Å². The van der Waals surface area contributed by atoms with Crippen LogP contribution < -0.4 is 10.1 Å². The Bertz CT molecular complexity index is 1280. The fourth-order valence-corrected chi connectivity index (χ4v) is 3.63. The van der Waals surface area contributed by atoms with E-state index < -0.39 is 12.5 Å². The van der Waals surface area contributed by atoms with Crippen molar-refractivity contribution in [3.63, 3.8) is 0 Å². The van der Waals surface area contributed by atoms with Gasteiger partial charge in [-0.1, -0.05) is 35.9 Å². The molecule has 1 amide bonds. The van der Waals surface area contributed by atoms with Crippen LogP contribution in [0.5, 0.6) is 5.75 Å². The Hall–Kier alpha value is -3.81. The number of nitrogens with one attached hydrogen (secondary N) is 1. The molecule has 0 aliphatic heterocycles. The third-order valence-electron chi connectivity index (χ3n) is 5.09. The normalized spacial score (nSPS) is 11.2. The lowest BCUT2D eigenvalue weighted by molar-refractivity contribution is -0.116.